The van der Waals surface area contributed by atoms with Crippen LogP contribution >= 0.6 is 0 Å². The van der Waals surface area contributed by atoms with Crippen LogP contribution in [0.25, 0.3) is 10.9 Å². The predicted molar refractivity (Wildman–Crippen MR) is 57.7 cm³/mol. The van der Waals surface area contributed by atoms with Crippen molar-refractivity contribution in [1.82, 2.24) is 4.98 Å². The Balaban J connectivity index is 2.45. The summed E-state index contributed by atoms with van der Waals surface area (Å²) >= 11 is 0. The van der Waals surface area contributed by atoms with Gasteiger partial charge in [-0.05, 0) is 12.1 Å². The molecule has 0 fully saturated rings. The summed E-state index contributed by atoms with van der Waals surface area (Å²) in [6.45, 7) is 0. The van der Waals surface area contributed by atoms with E-state index in [1.807, 2.05) is 12.1 Å². The fourth-order valence-electron chi connectivity index (χ4n) is 1.34. The Morgan fingerprint density at radius 2 is 2.21 bits per heavy atom. The highest BCUT2D eigenvalue weighted by molar-refractivity contribution is 7.85. The van der Waals surface area contributed by atoms with Gasteiger partial charge in [0.2, 0.25) is 0 Å². The van der Waals surface area contributed by atoms with Gasteiger partial charge in [0, 0.05) is 23.4 Å². The molecule has 0 aliphatic rings. The Labute approximate surface area is 83.5 Å². The minimum atomic E-state index is -1.08. The molecule has 0 amide bonds. The second kappa shape index (κ2) is 3.34. The predicted octanol–water partition coefficient (Wildman–Crippen LogP) is 1.58. The van der Waals surface area contributed by atoms with E-state index in [1.165, 1.54) is 0 Å². The molecule has 2 aromatic rings. The summed E-state index contributed by atoms with van der Waals surface area (Å²) in [4.78, 5) is 2.79. The van der Waals surface area contributed by atoms with Crippen LogP contribution in [0.15, 0.2) is 24.3 Å². The van der Waals surface area contributed by atoms with Gasteiger partial charge in [0.05, 0.1) is 5.52 Å². The largest absolute Gasteiger partial charge is 0.495 e. The van der Waals surface area contributed by atoms with Gasteiger partial charge in [0.15, 0.2) is 5.88 Å². The Bertz CT molecular complexity index is 493. The highest BCUT2D eigenvalue weighted by atomic mass is 32.2. The number of H-pyrrole nitrogens is 1. The number of rotatable bonds is 2. The first kappa shape index (κ1) is 9.08. The first-order valence-corrected chi connectivity index (χ1v) is 5.63. The summed E-state index contributed by atoms with van der Waals surface area (Å²) in [7, 11) is -1.08. The lowest BCUT2D eigenvalue weighted by Gasteiger charge is -2.01. The maximum atomic E-state index is 10.9. The molecule has 0 aliphatic carbocycles. The van der Waals surface area contributed by atoms with Crippen LogP contribution in [0, 0.1) is 0 Å². The average molecular weight is 210 g/mol. The third-order valence-electron chi connectivity index (χ3n) is 1.87. The minimum absolute atomic E-state index is 0.134. The lowest BCUT2D eigenvalue weighted by Crippen LogP contribution is -2.00. The van der Waals surface area contributed by atoms with Crippen molar-refractivity contribution in [1.29, 1.82) is 0 Å². The van der Waals surface area contributed by atoms with E-state index in [0.717, 1.165) is 16.6 Å². The summed E-state index contributed by atoms with van der Waals surface area (Å²) in [6, 6.07) is 7.11. The Morgan fingerprint density at radius 1 is 1.43 bits per heavy atom. The molecule has 1 unspecified atom stereocenters. The molecule has 0 radical (unpaired) electrons. The van der Waals surface area contributed by atoms with Gasteiger partial charge in [-0.2, -0.15) is 0 Å². The number of nitrogens with one attached hydrogen (secondary N) is 2. The smallest absolute Gasteiger partial charge is 0.189 e. The summed E-state index contributed by atoms with van der Waals surface area (Å²) in [5.41, 5.74) is 1.58. The van der Waals surface area contributed by atoms with Crippen molar-refractivity contribution in [3.05, 3.63) is 24.3 Å². The van der Waals surface area contributed by atoms with Crippen molar-refractivity contribution in [2.24, 2.45) is 0 Å². The fourth-order valence-corrected chi connectivity index (χ4v) is 1.80. The first-order chi connectivity index (χ1) is 6.65. The molecule has 0 bridgehead atoms. The van der Waals surface area contributed by atoms with Crippen molar-refractivity contribution in [2.75, 3.05) is 11.0 Å². The molecule has 14 heavy (non-hydrogen) atoms. The molecular formula is C9H10N2O2S. The number of aromatic hydroxyl groups is 1. The molecule has 0 saturated carbocycles. The van der Waals surface area contributed by atoms with Gasteiger partial charge in [-0.15, -0.1) is 0 Å². The molecule has 1 aromatic heterocycles. The van der Waals surface area contributed by atoms with Crippen molar-refractivity contribution in [2.45, 2.75) is 0 Å². The van der Waals surface area contributed by atoms with Crippen LogP contribution in [0.1, 0.15) is 0 Å². The SMILES string of the molecule is CS(=O)Nc1ccc2cc(O)[nH]c2c1. The monoisotopic (exact) mass is 210 g/mol. The van der Waals surface area contributed by atoms with Crippen LogP contribution < -0.4 is 4.72 Å². The standard InChI is InChI=1S/C9H10N2O2S/c1-14(13)11-7-3-2-6-4-9(12)10-8(6)5-7/h2-5,10-12H,1H3. The van der Waals surface area contributed by atoms with Gasteiger partial charge >= 0.3 is 0 Å². The third kappa shape index (κ3) is 1.72. The number of anilines is 1. The van der Waals surface area contributed by atoms with Crippen molar-refractivity contribution in [3.8, 4) is 5.88 Å². The van der Waals surface area contributed by atoms with Gasteiger partial charge in [-0.3, -0.25) is 0 Å². The first-order valence-electron chi connectivity index (χ1n) is 4.07. The van der Waals surface area contributed by atoms with Crippen LogP contribution in [0.2, 0.25) is 0 Å². The van der Waals surface area contributed by atoms with E-state index >= 15 is 0 Å². The highest BCUT2D eigenvalue weighted by Gasteiger charge is 2.00. The van der Waals surface area contributed by atoms with Gasteiger partial charge in [-0.1, -0.05) is 6.07 Å². The van der Waals surface area contributed by atoms with Crippen molar-refractivity contribution < 1.29 is 9.32 Å². The summed E-state index contributed by atoms with van der Waals surface area (Å²) in [5, 5.41) is 10.1. The second-order valence-corrected chi connectivity index (χ2v) is 4.13. The van der Waals surface area contributed by atoms with E-state index < -0.39 is 11.0 Å². The summed E-state index contributed by atoms with van der Waals surface area (Å²) in [5.74, 6) is 0.134. The zero-order valence-corrected chi connectivity index (χ0v) is 8.39. The topological polar surface area (TPSA) is 65.1 Å². The number of benzene rings is 1. The Kier molecular flexibility index (Phi) is 2.17. The molecule has 74 valence electrons. The van der Waals surface area contributed by atoms with Crippen LogP contribution in [0.4, 0.5) is 5.69 Å². The molecule has 3 N–H and O–H groups in total. The zero-order chi connectivity index (χ0) is 10.1. The molecule has 5 heteroatoms. The second-order valence-electron chi connectivity index (χ2n) is 3.01. The summed E-state index contributed by atoms with van der Waals surface area (Å²) in [6.07, 6.45) is 1.57. The third-order valence-corrected chi connectivity index (χ3v) is 2.39. The van der Waals surface area contributed by atoms with Gasteiger partial charge < -0.3 is 14.8 Å². The van der Waals surface area contributed by atoms with Crippen molar-refractivity contribution >= 4 is 27.6 Å². The lowest BCUT2D eigenvalue weighted by molar-refractivity contribution is 0.458. The van der Waals surface area contributed by atoms with Crippen LogP contribution in [-0.4, -0.2) is 20.6 Å². The molecule has 0 aliphatic heterocycles. The lowest BCUT2D eigenvalue weighted by atomic mass is 10.2. The van der Waals surface area contributed by atoms with Gasteiger partial charge in [-0.25, -0.2) is 4.21 Å². The van der Waals surface area contributed by atoms with E-state index in [2.05, 4.69) is 9.71 Å². The van der Waals surface area contributed by atoms with Crippen molar-refractivity contribution in [3.63, 3.8) is 0 Å². The molecule has 1 heterocycles. The molecule has 2 rings (SSSR count). The quantitative estimate of drug-likeness (QED) is 0.704. The Morgan fingerprint density at radius 3 is 2.93 bits per heavy atom. The van der Waals surface area contributed by atoms with Gasteiger partial charge in [0.25, 0.3) is 0 Å². The number of aromatic nitrogens is 1. The molecule has 1 atom stereocenters. The minimum Gasteiger partial charge on any atom is -0.495 e. The van der Waals surface area contributed by atoms with E-state index in [0.29, 0.717) is 0 Å². The van der Waals surface area contributed by atoms with E-state index in [9.17, 15) is 9.32 Å². The van der Waals surface area contributed by atoms with Crippen LogP contribution in [0.3, 0.4) is 0 Å². The molecule has 0 spiro atoms. The Hall–Kier alpha value is -1.49. The molecular weight excluding hydrogens is 200 g/mol. The molecule has 0 saturated heterocycles. The normalized spacial score (nSPS) is 12.9. The van der Waals surface area contributed by atoms with Gasteiger partial charge in [0.1, 0.15) is 11.0 Å². The number of aromatic amines is 1. The maximum absolute atomic E-state index is 10.9. The maximum Gasteiger partial charge on any atom is 0.189 e. The molecule has 1 aromatic carbocycles. The van der Waals surface area contributed by atoms with E-state index in [1.54, 1.807) is 18.4 Å². The highest BCUT2D eigenvalue weighted by Crippen LogP contribution is 2.22. The van der Waals surface area contributed by atoms with E-state index in [-0.39, 0.29) is 5.88 Å². The van der Waals surface area contributed by atoms with Crippen LogP contribution in [0.5, 0.6) is 5.88 Å². The average Bonchev–Trinajstić information content (AvgIpc) is 2.42. The fraction of sp³-hybridized carbons (Fsp3) is 0.111. The zero-order valence-electron chi connectivity index (χ0n) is 7.57. The van der Waals surface area contributed by atoms with Crippen LogP contribution in [-0.2, 0) is 11.0 Å². The number of hydrogen-bond acceptors (Lipinski definition) is 2. The molecule has 4 nitrogen and oxygen atoms in total. The number of fused-ring (bicyclic) bond motifs is 1. The van der Waals surface area contributed by atoms with E-state index in [4.69, 9.17) is 0 Å². The number of hydrogen-bond donors (Lipinski definition) is 3. The summed E-state index contributed by atoms with van der Waals surface area (Å²) < 4.78 is 13.7.